The number of nitrogens with one attached hydrogen (secondary N) is 1. The minimum atomic E-state index is -1.01. The fourth-order valence-corrected chi connectivity index (χ4v) is 1.12. The van der Waals surface area contributed by atoms with Gasteiger partial charge in [0.15, 0.2) is 0 Å². The van der Waals surface area contributed by atoms with Crippen molar-refractivity contribution in [1.29, 1.82) is 0 Å². The molecule has 0 saturated heterocycles. The topological polar surface area (TPSA) is 102 Å². The van der Waals surface area contributed by atoms with Crippen LogP contribution < -0.4 is 11.1 Å². The number of carboxylic acid groups (broad SMARTS) is 1. The number of aliphatic carboxylic acids is 1. The summed E-state index contributed by atoms with van der Waals surface area (Å²) in [6.45, 7) is 0.904. The molecule has 94 valence electrons. The summed E-state index contributed by atoms with van der Waals surface area (Å²) >= 11 is 0. The highest BCUT2D eigenvalue weighted by Gasteiger charge is 2.00. The first kappa shape index (κ1) is 14.9. The van der Waals surface area contributed by atoms with Crippen LogP contribution in [0.5, 0.6) is 0 Å². The van der Waals surface area contributed by atoms with Crippen LogP contribution in [0.2, 0.25) is 0 Å². The van der Waals surface area contributed by atoms with Crippen LogP contribution in [0, 0.1) is 0 Å². The molecule has 0 saturated carbocycles. The molecule has 0 heterocycles. The van der Waals surface area contributed by atoms with Crippen molar-refractivity contribution in [2.24, 2.45) is 5.73 Å². The van der Waals surface area contributed by atoms with E-state index in [1.165, 1.54) is 0 Å². The fourth-order valence-electron chi connectivity index (χ4n) is 1.12. The van der Waals surface area contributed by atoms with Crippen molar-refractivity contribution >= 4 is 11.9 Å². The minimum Gasteiger partial charge on any atom is -0.480 e. The van der Waals surface area contributed by atoms with Crippen LogP contribution in [-0.4, -0.2) is 43.3 Å². The lowest BCUT2D eigenvalue weighted by Crippen LogP contribution is -2.27. The van der Waals surface area contributed by atoms with Crippen molar-refractivity contribution in [3.05, 3.63) is 0 Å². The van der Waals surface area contributed by atoms with Gasteiger partial charge in [-0.05, 0) is 19.4 Å². The third kappa shape index (κ3) is 10.9. The number of carboxylic acids is 1. The van der Waals surface area contributed by atoms with Gasteiger partial charge in [0.1, 0.15) is 6.61 Å². The standard InChI is InChI=1S/C10H20N2O4/c11-5-3-1-2-4-9(13)12-6-7-16-8-10(14)15/h1-8,11H2,(H,12,13)(H,14,15). The molecule has 0 bridgehead atoms. The minimum absolute atomic E-state index is 0.0315. The number of unbranched alkanes of at least 4 members (excludes halogenated alkanes) is 2. The van der Waals surface area contributed by atoms with Gasteiger partial charge in [-0.2, -0.15) is 0 Å². The highest BCUT2D eigenvalue weighted by Crippen LogP contribution is 1.97. The van der Waals surface area contributed by atoms with Crippen molar-refractivity contribution in [2.45, 2.75) is 25.7 Å². The van der Waals surface area contributed by atoms with Crippen LogP contribution in [0.4, 0.5) is 0 Å². The number of hydrogen-bond acceptors (Lipinski definition) is 4. The monoisotopic (exact) mass is 232 g/mol. The molecule has 0 aromatic rings. The molecule has 0 unspecified atom stereocenters. The van der Waals surface area contributed by atoms with Crippen LogP contribution in [0.15, 0.2) is 0 Å². The molecule has 0 spiro atoms. The van der Waals surface area contributed by atoms with E-state index < -0.39 is 5.97 Å². The molecule has 0 rings (SSSR count). The Kier molecular flexibility index (Phi) is 9.64. The summed E-state index contributed by atoms with van der Waals surface area (Å²) in [4.78, 5) is 21.3. The summed E-state index contributed by atoms with van der Waals surface area (Å²) in [5.41, 5.74) is 5.32. The second-order valence-corrected chi connectivity index (χ2v) is 3.40. The summed E-state index contributed by atoms with van der Waals surface area (Å²) in [6, 6.07) is 0. The van der Waals surface area contributed by atoms with E-state index in [9.17, 15) is 9.59 Å². The second kappa shape index (κ2) is 10.4. The second-order valence-electron chi connectivity index (χ2n) is 3.40. The number of nitrogens with two attached hydrogens (primary N) is 1. The van der Waals surface area contributed by atoms with E-state index in [0.29, 0.717) is 19.5 Å². The number of rotatable bonds is 10. The average Bonchev–Trinajstić information content (AvgIpc) is 2.23. The molecule has 0 aromatic carbocycles. The van der Waals surface area contributed by atoms with Crippen LogP contribution in [-0.2, 0) is 14.3 Å². The van der Waals surface area contributed by atoms with E-state index in [1.807, 2.05) is 0 Å². The fraction of sp³-hybridized carbons (Fsp3) is 0.800. The van der Waals surface area contributed by atoms with E-state index in [2.05, 4.69) is 5.32 Å². The Balaban J connectivity index is 3.20. The Morgan fingerprint density at radius 2 is 2.00 bits per heavy atom. The number of carbonyl (C=O) groups excluding carboxylic acids is 1. The number of amides is 1. The Bertz CT molecular complexity index is 209. The van der Waals surface area contributed by atoms with Crippen molar-refractivity contribution in [3.8, 4) is 0 Å². The Morgan fingerprint density at radius 1 is 1.25 bits per heavy atom. The molecule has 0 fully saturated rings. The summed E-state index contributed by atoms with van der Waals surface area (Å²) in [5.74, 6) is -1.04. The summed E-state index contributed by atoms with van der Waals surface area (Å²) < 4.78 is 4.76. The van der Waals surface area contributed by atoms with Gasteiger partial charge in [0.05, 0.1) is 6.61 Å². The predicted octanol–water partition coefficient (Wildman–Crippen LogP) is -0.277. The summed E-state index contributed by atoms with van der Waals surface area (Å²) in [6.07, 6.45) is 3.21. The van der Waals surface area contributed by atoms with Gasteiger partial charge < -0.3 is 20.9 Å². The van der Waals surface area contributed by atoms with E-state index in [1.54, 1.807) is 0 Å². The number of ether oxygens (including phenoxy) is 1. The Labute approximate surface area is 95.1 Å². The first-order valence-corrected chi connectivity index (χ1v) is 5.43. The molecule has 0 aromatic heterocycles. The predicted molar refractivity (Wildman–Crippen MR) is 59.0 cm³/mol. The van der Waals surface area contributed by atoms with Gasteiger partial charge in [-0.15, -0.1) is 0 Å². The smallest absolute Gasteiger partial charge is 0.329 e. The largest absolute Gasteiger partial charge is 0.480 e. The van der Waals surface area contributed by atoms with Crippen molar-refractivity contribution in [1.82, 2.24) is 5.32 Å². The molecule has 0 radical (unpaired) electrons. The lowest BCUT2D eigenvalue weighted by Gasteiger charge is -2.04. The quantitative estimate of drug-likeness (QED) is 0.450. The van der Waals surface area contributed by atoms with Gasteiger partial charge in [-0.25, -0.2) is 4.79 Å². The normalized spacial score (nSPS) is 10.1. The van der Waals surface area contributed by atoms with E-state index in [0.717, 1.165) is 19.3 Å². The van der Waals surface area contributed by atoms with Crippen LogP contribution >= 0.6 is 0 Å². The van der Waals surface area contributed by atoms with E-state index in [4.69, 9.17) is 15.6 Å². The lowest BCUT2D eigenvalue weighted by molar-refractivity contribution is -0.142. The highest BCUT2D eigenvalue weighted by molar-refractivity contribution is 5.75. The third-order valence-corrected chi connectivity index (χ3v) is 1.90. The molecule has 0 aliphatic heterocycles. The first-order valence-electron chi connectivity index (χ1n) is 5.43. The van der Waals surface area contributed by atoms with E-state index >= 15 is 0 Å². The Hall–Kier alpha value is -1.14. The van der Waals surface area contributed by atoms with Gasteiger partial charge in [-0.3, -0.25) is 4.79 Å². The SMILES string of the molecule is NCCCCCC(=O)NCCOCC(=O)O. The molecule has 16 heavy (non-hydrogen) atoms. The van der Waals surface area contributed by atoms with Gasteiger partial charge in [-0.1, -0.05) is 6.42 Å². The maximum atomic E-state index is 11.2. The molecule has 1 amide bonds. The molecular formula is C10H20N2O4. The molecule has 0 atom stereocenters. The molecular weight excluding hydrogens is 212 g/mol. The Morgan fingerprint density at radius 3 is 2.62 bits per heavy atom. The molecule has 0 aliphatic carbocycles. The average molecular weight is 232 g/mol. The number of carbonyl (C=O) groups is 2. The van der Waals surface area contributed by atoms with Crippen LogP contribution in [0.1, 0.15) is 25.7 Å². The zero-order valence-electron chi connectivity index (χ0n) is 9.41. The summed E-state index contributed by atoms with van der Waals surface area (Å²) in [5, 5.41) is 10.9. The zero-order valence-corrected chi connectivity index (χ0v) is 9.41. The molecule has 0 aliphatic rings. The summed E-state index contributed by atoms with van der Waals surface area (Å²) in [7, 11) is 0. The van der Waals surface area contributed by atoms with E-state index in [-0.39, 0.29) is 19.1 Å². The van der Waals surface area contributed by atoms with Crippen LogP contribution in [0.3, 0.4) is 0 Å². The van der Waals surface area contributed by atoms with Gasteiger partial charge in [0.2, 0.25) is 5.91 Å². The third-order valence-electron chi connectivity index (χ3n) is 1.90. The van der Waals surface area contributed by atoms with Crippen molar-refractivity contribution in [2.75, 3.05) is 26.3 Å². The highest BCUT2D eigenvalue weighted by atomic mass is 16.5. The number of hydrogen-bond donors (Lipinski definition) is 3. The lowest BCUT2D eigenvalue weighted by atomic mass is 10.2. The maximum absolute atomic E-state index is 11.2. The van der Waals surface area contributed by atoms with Crippen molar-refractivity contribution in [3.63, 3.8) is 0 Å². The van der Waals surface area contributed by atoms with Crippen LogP contribution in [0.25, 0.3) is 0 Å². The molecule has 4 N–H and O–H groups in total. The maximum Gasteiger partial charge on any atom is 0.329 e. The molecule has 6 nitrogen and oxygen atoms in total. The zero-order chi connectivity index (χ0) is 12.2. The van der Waals surface area contributed by atoms with Gasteiger partial charge in [0.25, 0.3) is 0 Å². The molecule has 6 heteroatoms. The van der Waals surface area contributed by atoms with Gasteiger partial charge >= 0.3 is 5.97 Å². The van der Waals surface area contributed by atoms with Crippen molar-refractivity contribution < 1.29 is 19.4 Å². The van der Waals surface area contributed by atoms with Gasteiger partial charge in [0, 0.05) is 13.0 Å². The first-order chi connectivity index (χ1) is 7.66.